The number of benzene rings is 1. The van der Waals surface area contributed by atoms with E-state index >= 15 is 0 Å². The predicted octanol–water partition coefficient (Wildman–Crippen LogP) is 4.51. The third kappa shape index (κ3) is 4.58. The Morgan fingerprint density at radius 3 is 2.50 bits per heavy atom. The van der Waals surface area contributed by atoms with Crippen molar-refractivity contribution in [2.45, 2.75) is 39.2 Å². The van der Waals surface area contributed by atoms with E-state index in [1.54, 1.807) is 23.2 Å². The Kier molecular flexibility index (Phi) is 6.11. The maximum Gasteiger partial charge on any atom is 0.303 e. The molecule has 3 rings (SSSR count). The van der Waals surface area contributed by atoms with Gasteiger partial charge in [-0.1, -0.05) is 0 Å². The number of hydrogen-bond donors (Lipinski definition) is 1. The van der Waals surface area contributed by atoms with Gasteiger partial charge in [0, 0.05) is 31.3 Å². The number of nitrogens with zero attached hydrogens (tertiary/aromatic N) is 2. The first-order chi connectivity index (χ1) is 13.3. The monoisotopic (exact) mass is 390 g/mol. The van der Waals surface area contributed by atoms with Crippen molar-refractivity contribution in [3.8, 4) is 17.0 Å². The molecule has 1 fully saturated rings. The van der Waals surface area contributed by atoms with E-state index in [0.29, 0.717) is 42.9 Å². The van der Waals surface area contributed by atoms with Gasteiger partial charge < -0.3 is 14.7 Å². The molecule has 7 heteroatoms. The van der Waals surface area contributed by atoms with Crippen molar-refractivity contribution >= 4 is 11.7 Å². The highest BCUT2D eigenvalue weighted by Crippen LogP contribution is 2.35. The zero-order chi connectivity index (χ0) is 20.3. The van der Waals surface area contributed by atoms with E-state index in [-0.39, 0.29) is 24.1 Å². The van der Waals surface area contributed by atoms with Crippen molar-refractivity contribution in [2.24, 2.45) is 5.92 Å². The molecule has 1 aliphatic heterocycles. The Labute approximate surface area is 163 Å². The Morgan fingerprint density at radius 1 is 1.29 bits per heavy atom. The van der Waals surface area contributed by atoms with Gasteiger partial charge >= 0.3 is 5.97 Å². The predicted molar refractivity (Wildman–Crippen MR) is 103 cm³/mol. The van der Waals surface area contributed by atoms with E-state index < -0.39 is 17.6 Å². The van der Waals surface area contributed by atoms with Crippen molar-refractivity contribution in [2.75, 3.05) is 18.0 Å². The van der Waals surface area contributed by atoms with E-state index in [0.717, 1.165) is 0 Å². The molecule has 150 valence electrons. The van der Waals surface area contributed by atoms with E-state index in [2.05, 4.69) is 4.98 Å². The number of pyridine rings is 1. The first-order valence-corrected chi connectivity index (χ1v) is 9.43. The molecule has 0 unspecified atom stereocenters. The van der Waals surface area contributed by atoms with Gasteiger partial charge in [-0.15, -0.1) is 0 Å². The second-order valence-electron chi connectivity index (χ2n) is 7.34. The second kappa shape index (κ2) is 8.54. The van der Waals surface area contributed by atoms with Crippen LogP contribution in [0.3, 0.4) is 0 Å². The minimum atomic E-state index is -0.837. The molecule has 0 saturated carbocycles. The van der Waals surface area contributed by atoms with E-state index in [1.165, 1.54) is 12.1 Å². The van der Waals surface area contributed by atoms with Crippen LogP contribution in [0.2, 0.25) is 0 Å². The molecule has 0 atom stereocenters. The molecule has 5 nitrogen and oxygen atoms in total. The second-order valence-corrected chi connectivity index (χ2v) is 7.34. The summed E-state index contributed by atoms with van der Waals surface area (Å²) in [6, 6.07) is 6.01. The van der Waals surface area contributed by atoms with Gasteiger partial charge in [0.25, 0.3) is 0 Å². The van der Waals surface area contributed by atoms with Crippen molar-refractivity contribution in [1.82, 2.24) is 4.98 Å². The Balaban J connectivity index is 1.84. The van der Waals surface area contributed by atoms with Gasteiger partial charge in [0.15, 0.2) is 0 Å². The van der Waals surface area contributed by atoms with Gasteiger partial charge in [-0.25, -0.2) is 13.8 Å². The van der Waals surface area contributed by atoms with Crippen LogP contribution < -0.4 is 9.64 Å². The SMILES string of the molecule is CC(C)Oc1ncccc1-c1cc(F)c(N2CCC(CC(=O)O)CC2)c(F)c1. The summed E-state index contributed by atoms with van der Waals surface area (Å²) in [5, 5.41) is 8.90. The fraction of sp³-hybridized carbons (Fsp3) is 0.429. The van der Waals surface area contributed by atoms with Gasteiger partial charge in [0.2, 0.25) is 5.88 Å². The highest BCUT2D eigenvalue weighted by atomic mass is 19.1. The minimum absolute atomic E-state index is 0.0466. The summed E-state index contributed by atoms with van der Waals surface area (Å²) in [6.07, 6.45) is 2.75. The standard InChI is InChI=1S/C21H24F2N2O3/c1-13(2)28-21-16(4-3-7-24-21)15-11-17(22)20(18(23)12-15)25-8-5-14(6-9-25)10-19(26)27/h3-4,7,11-14H,5-6,8-10H2,1-2H3,(H,26,27). The van der Waals surface area contributed by atoms with Crippen molar-refractivity contribution in [3.05, 3.63) is 42.1 Å². The van der Waals surface area contributed by atoms with Gasteiger partial charge in [-0.2, -0.15) is 0 Å². The number of rotatable bonds is 6. The average Bonchev–Trinajstić information content (AvgIpc) is 2.62. The number of carbonyl (C=O) groups is 1. The molecule has 28 heavy (non-hydrogen) atoms. The van der Waals surface area contributed by atoms with Crippen molar-refractivity contribution < 1.29 is 23.4 Å². The number of carboxylic acid groups (broad SMARTS) is 1. The Bertz CT molecular complexity index is 826. The fourth-order valence-corrected chi connectivity index (χ4v) is 3.56. The summed E-state index contributed by atoms with van der Waals surface area (Å²) in [6.45, 7) is 4.58. The Hall–Kier alpha value is -2.70. The molecule has 2 aromatic rings. The van der Waals surface area contributed by atoms with Crippen LogP contribution >= 0.6 is 0 Å². The summed E-state index contributed by atoms with van der Waals surface area (Å²) in [7, 11) is 0. The summed E-state index contributed by atoms with van der Waals surface area (Å²) >= 11 is 0. The quantitative estimate of drug-likeness (QED) is 0.787. The lowest BCUT2D eigenvalue weighted by Crippen LogP contribution is -2.35. The van der Waals surface area contributed by atoms with Crippen LogP contribution in [-0.2, 0) is 4.79 Å². The third-order valence-corrected chi connectivity index (χ3v) is 4.84. The van der Waals surface area contributed by atoms with Gasteiger partial charge in [-0.3, -0.25) is 4.79 Å². The lowest BCUT2D eigenvalue weighted by molar-refractivity contribution is -0.138. The van der Waals surface area contributed by atoms with Crippen molar-refractivity contribution in [3.63, 3.8) is 0 Å². The number of piperidine rings is 1. The van der Waals surface area contributed by atoms with Crippen LogP contribution in [0, 0.1) is 17.6 Å². The van der Waals surface area contributed by atoms with E-state index in [9.17, 15) is 13.6 Å². The van der Waals surface area contributed by atoms with Crippen LogP contribution in [-0.4, -0.2) is 35.3 Å². The van der Waals surface area contributed by atoms with E-state index in [4.69, 9.17) is 9.84 Å². The smallest absolute Gasteiger partial charge is 0.303 e. The van der Waals surface area contributed by atoms with Gasteiger partial charge in [0.05, 0.1) is 6.10 Å². The van der Waals surface area contributed by atoms with Gasteiger partial charge in [-0.05, 0) is 62.4 Å². The number of carboxylic acids is 1. The van der Waals surface area contributed by atoms with Crippen molar-refractivity contribution in [1.29, 1.82) is 0 Å². The normalized spacial score (nSPS) is 15.1. The molecular formula is C21H24F2N2O3. The molecule has 0 radical (unpaired) electrons. The van der Waals surface area contributed by atoms with Crippen LogP contribution in [0.4, 0.5) is 14.5 Å². The maximum absolute atomic E-state index is 14.8. The molecule has 1 aromatic carbocycles. The third-order valence-electron chi connectivity index (χ3n) is 4.84. The number of halogens is 2. The highest BCUT2D eigenvalue weighted by molar-refractivity contribution is 5.71. The number of aromatic nitrogens is 1. The summed E-state index contributed by atoms with van der Waals surface area (Å²) in [5.74, 6) is -1.75. The molecular weight excluding hydrogens is 366 g/mol. The van der Waals surface area contributed by atoms with E-state index in [1.807, 2.05) is 13.8 Å². The molecule has 1 aliphatic rings. The highest BCUT2D eigenvalue weighted by Gasteiger charge is 2.26. The zero-order valence-corrected chi connectivity index (χ0v) is 16.0. The lowest BCUT2D eigenvalue weighted by atomic mass is 9.93. The fourth-order valence-electron chi connectivity index (χ4n) is 3.56. The lowest BCUT2D eigenvalue weighted by Gasteiger charge is -2.33. The maximum atomic E-state index is 14.8. The molecule has 1 saturated heterocycles. The number of ether oxygens (including phenoxy) is 1. The zero-order valence-electron chi connectivity index (χ0n) is 16.0. The van der Waals surface area contributed by atoms with Crippen LogP contribution in [0.5, 0.6) is 5.88 Å². The minimum Gasteiger partial charge on any atom is -0.481 e. The number of hydrogen-bond acceptors (Lipinski definition) is 4. The summed E-state index contributed by atoms with van der Waals surface area (Å²) < 4.78 is 35.3. The molecule has 2 heterocycles. The first-order valence-electron chi connectivity index (χ1n) is 9.43. The van der Waals surface area contributed by atoms with Crippen LogP contribution in [0.1, 0.15) is 33.1 Å². The van der Waals surface area contributed by atoms with Crippen LogP contribution in [0.15, 0.2) is 30.5 Å². The van der Waals surface area contributed by atoms with Gasteiger partial charge in [0.1, 0.15) is 17.3 Å². The topological polar surface area (TPSA) is 62.7 Å². The Morgan fingerprint density at radius 2 is 1.93 bits per heavy atom. The number of anilines is 1. The first kappa shape index (κ1) is 20.0. The average molecular weight is 390 g/mol. The summed E-state index contributed by atoms with van der Waals surface area (Å²) in [5.41, 5.74) is 0.830. The number of aliphatic carboxylic acids is 1. The molecule has 0 bridgehead atoms. The summed E-state index contributed by atoms with van der Waals surface area (Å²) in [4.78, 5) is 16.7. The molecule has 0 aliphatic carbocycles. The van der Waals surface area contributed by atoms with Crippen LogP contribution in [0.25, 0.3) is 11.1 Å². The molecule has 1 N–H and O–H groups in total. The molecule has 0 spiro atoms. The molecule has 1 aromatic heterocycles. The largest absolute Gasteiger partial charge is 0.481 e. The molecule has 0 amide bonds.